The van der Waals surface area contributed by atoms with E-state index >= 15 is 0 Å². The molecule has 0 aliphatic carbocycles. The van der Waals surface area contributed by atoms with Crippen LogP contribution < -0.4 is 10.6 Å². The van der Waals surface area contributed by atoms with Crippen LogP contribution in [-0.4, -0.2) is 22.4 Å². The molecular weight excluding hydrogens is 374 g/mol. The zero-order valence-electron chi connectivity index (χ0n) is 13.0. The second-order valence-corrected chi connectivity index (χ2v) is 6.35. The molecule has 0 spiro atoms. The summed E-state index contributed by atoms with van der Waals surface area (Å²) < 4.78 is 2.98. The lowest BCUT2D eigenvalue weighted by molar-refractivity contribution is -0.123. The van der Waals surface area contributed by atoms with Crippen molar-refractivity contribution in [3.05, 3.63) is 57.3 Å². The molecule has 1 aliphatic rings. The van der Waals surface area contributed by atoms with Crippen LogP contribution >= 0.6 is 15.9 Å². The number of rotatable bonds is 2. The summed E-state index contributed by atoms with van der Waals surface area (Å²) in [6.45, 7) is 3.85. The first-order valence-corrected chi connectivity index (χ1v) is 7.99. The zero-order chi connectivity index (χ0) is 17.4. The Morgan fingerprint density at radius 1 is 1.04 bits per heavy atom. The number of nitrogens with one attached hydrogen (secondary N) is 2. The van der Waals surface area contributed by atoms with E-state index in [0.29, 0.717) is 0 Å². The summed E-state index contributed by atoms with van der Waals surface area (Å²) in [5.74, 6) is -1.40. The Bertz CT molecular complexity index is 890. The fraction of sp³-hybridized carbons (Fsp3) is 0.118. The fourth-order valence-electron chi connectivity index (χ4n) is 2.71. The Hall–Kier alpha value is -2.67. The summed E-state index contributed by atoms with van der Waals surface area (Å²) in [6, 6.07) is 8.91. The molecule has 0 atom stereocenters. The lowest BCUT2D eigenvalue weighted by Gasteiger charge is -2.14. The van der Waals surface area contributed by atoms with Gasteiger partial charge in [0, 0.05) is 21.5 Å². The minimum atomic E-state index is -0.804. The largest absolute Gasteiger partial charge is 0.328 e. The van der Waals surface area contributed by atoms with E-state index in [0.717, 1.165) is 27.1 Å². The van der Waals surface area contributed by atoms with E-state index in [4.69, 9.17) is 0 Å². The van der Waals surface area contributed by atoms with Gasteiger partial charge in [0.1, 0.15) is 5.57 Å². The van der Waals surface area contributed by atoms with Gasteiger partial charge in [-0.2, -0.15) is 0 Å². The number of barbiturate groups is 1. The van der Waals surface area contributed by atoms with Crippen molar-refractivity contribution in [3.63, 3.8) is 0 Å². The second-order valence-electron chi connectivity index (χ2n) is 5.44. The third-order valence-electron chi connectivity index (χ3n) is 3.78. The van der Waals surface area contributed by atoms with Crippen molar-refractivity contribution in [1.29, 1.82) is 0 Å². The molecule has 1 saturated heterocycles. The van der Waals surface area contributed by atoms with Crippen LogP contribution in [0.1, 0.15) is 17.0 Å². The van der Waals surface area contributed by atoms with Crippen LogP contribution in [0.3, 0.4) is 0 Å². The molecule has 1 aliphatic heterocycles. The number of hydrogen-bond acceptors (Lipinski definition) is 3. The summed E-state index contributed by atoms with van der Waals surface area (Å²) in [6.07, 6.45) is 1.49. The molecule has 1 aromatic heterocycles. The van der Waals surface area contributed by atoms with Gasteiger partial charge in [0.2, 0.25) is 0 Å². The smallest absolute Gasteiger partial charge is 0.318 e. The van der Waals surface area contributed by atoms with E-state index < -0.39 is 17.8 Å². The Labute approximate surface area is 146 Å². The summed E-state index contributed by atoms with van der Waals surface area (Å²) >= 11 is 3.45. The number of aromatic nitrogens is 1. The number of aryl methyl sites for hydroxylation is 1. The van der Waals surface area contributed by atoms with Crippen molar-refractivity contribution in [2.75, 3.05) is 0 Å². The van der Waals surface area contributed by atoms with Crippen LogP contribution in [0.25, 0.3) is 11.8 Å². The van der Waals surface area contributed by atoms with Gasteiger partial charge in [0.25, 0.3) is 11.8 Å². The minimum absolute atomic E-state index is 0.0934. The van der Waals surface area contributed by atoms with Crippen molar-refractivity contribution in [2.45, 2.75) is 13.8 Å². The summed E-state index contributed by atoms with van der Waals surface area (Å²) in [7, 11) is 0. The van der Waals surface area contributed by atoms with Crippen molar-refractivity contribution < 1.29 is 14.4 Å². The molecular formula is C17H14BrN3O3. The average Bonchev–Trinajstić information content (AvgIpc) is 2.77. The van der Waals surface area contributed by atoms with Crippen LogP contribution in [0, 0.1) is 13.8 Å². The summed E-state index contributed by atoms with van der Waals surface area (Å²) in [5.41, 5.74) is 3.46. The standard InChI is InChI=1S/C17H14BrN3O3/c1-9-6-11(7-14-15(22)19-17(24)20-16(14)23)10(2)21(9)13-5-3-4-12(18)8-13/h3-8H,1-2H3,(H2,19,20,22,23,24). The molecule has 0 bridgehead atoms. The highest BCUT2D eigenvalue weighted by atomic mass is 79.9. The van der Waals surface area contributed by atoms with Crippen LogP contribution in [0.2, 0.25) is 0 Å². The lowest BCUT2D eigenvalue weighted by atomic mass is 10.1. The maximum atomic E-state index is 11.9. The van der Waals surface area contributed by atoms with Gasteiger partial charge in [-0.05, 0) is 49.8 Å². The Kier molecular flexibility index (Phi) is 4.11. The molecule has 24 heavy (non-hydrogen) atoms. The molecule has 0 radical (unpaired) electrons. The first-order valence-electron chi connectivity index (χ1n) is 7.20. The van der Waals surface area contributed by atoms with Crippen LogP contribution in [0.15, 0.2) is 40.4 Å². The molecule has 4 amide bonds. The maximum Gasteiger partial charge on any atom is 0.328 e. The first-order chi connectivity index (χ1) is 11.4. The number of carbonyl (C=O) groups is 3. The lowest BCUT2D eigenvalue weighted by Crippen LogP contribution is -2.51. The molecule has 7 heteroatoms. The SMILES string of the molecule is Cc1cc(C=C2C(=O)NC(=O)NC2=O)c(C)n1-c1cccc(Br)c1. The van der Waals surface area contributed by atoms with Gasteiger partial charge in [-0.1, -0.05) is 22.0 Å². The van der Waals surface area contributed by atoms with Crippen molar-refractivity contribution in [2.24, 2.45) is 0 Å². The van der Waals surface area contributed by atoms with Crippen molar-refractivity contribution in [3.8, 4) is 5.69 Å². The Morgan fingerprint density at radius 3 is 2.33 bits per heavy atom. The van der Waals surface area contributed by atoms with Gasteiger partial charge in [-0.3, -0.25) is 20.2 Å². The topological polar surface area (TPSA) is 80.2 Å². The van der Waals surface area contributed by atoms with E-state index in [1.54, 1.807) is 0 Å². The number of amides is 4. The number of imide groups is 2. The van der Waals surface area contributed by atoms with E-state index in [1.807, 2.05) is 48.7 Å². The number of nitrogens with zero attached hydrogens (tertiary/aromatic N) is 1. The van der Waals surface area contributed by atoms with Gasteiger partial charge in [0.15, 0.2) is 0 Å². The average molecular weight is 388 g/mol. The summed E-state index contributed by atoms with van der Waals surface area (Å²) in [4.78, 5) is 34.9. The van der Waals surface area contributed by atoms with Gasteiger partial charge >= 0.3 is 6.03 Å². The number of benzene rings is 1. The van der Waals surface area contributed by atoms with Crippen molar-refractivity contribution in [1.82, 2.24) is 15.2 Å². The molecule has 1 aromatic carbocycles. The second kappa shape index (κ2) is 6.09. The van der Waals surface area contributed by atoms with E-state index in [2.05, 4.69) is 26.6 Å². The highest BCUT2D eigenvalue weighted by molar-refractivity contribution is 9.10. The van der Waals surface area contributed by atoms with Crippen LogP contribution in [0.5, 0.6) is 0 Å². The molecule has 0 saturated carbocycles. The highest BCUT2D eigenvalue weighted by Gasteiger charge is 2.28. The van der Waals surface area contributed by atoms with Crippen LogP contribution in [0.4, 0.5) is 4.79 Å². The molecule has 122 valence electrons. The molecule has 6 nitrogen and oxygen atoms in total. The van der Waals surface area contributed by atoms with Gasteiger partial charge in [-0.25, -0.2) is 4.79 Å². The van der Waals surface area contributed by atoms with E-state index in [1.165, 1.54) is 6.08 Å². The molecule has 2 heterocycles. The third kappa shape index (κ3) is 2.90. The normalized spacial score (nSPS) is 14.5. The Balaban J connectivity index is 2.07. The zero-order valence-corrected chi connectivity index (χ0v) is 14.6. The number of carbonyl (C=O) groups excluding carboxylic acids is 3. The van der Waals surface area contributed by atoms with Crippen LogP contribution in [-0.2, 0) is 9.59 Å². The number of urea groups is 1. The van der Waals surface area contributed by atoms with Gasteiger partial charge in [0.05, 0.1) is 0 Å². The monoisotopic (exact) mass is 387 g/mol. The fourth-order valence-corrected chi connectivity index (χ4v) is 3.10. The molecule has 1 fully saturated rings. The molecule has 0 unspecified atom stereocenters. The predicted molar refractivity (Wildman–Crippen MR) is 92.6 cm³/mol. The van der Waals surface area contributed by atoms with Gasteiger partial charge < -0.3 is 4.57 Å². The number of halogens is 1. The Morgan fingerprint density at radius 2 is 1.71 bits per heavy atom. The minimum Gasteiger partial charge on any atom is -0.318 e. The summed E-state index contributed by atoms with van der Waals surface area (Å²) in [5, 5.41) is 4.14. The van der Waals surface area contributed by atoms with E-state index in [9.17, 15) is 14.4 Å². The third-order valence-corrected chi connectivity index (χ3v) is 4.27. The van der Waals surface area contributed by atoms with Crippen molar-refractivity contribution >= 4 is 39.9 Å². The first kappa shape index (κ1) is 16.2. The molecule has 3 rings (SSSR count). The quantitative estimate of drug-likeness (QED) is 0.613. The molecule has 2 N–H and O–H groups in total. The molecule has 2 aromatic rings. The highest BCUT2D eigenvalue weighted by Crippen LogP contribution is 2.25. The number of hydrogen-bond donors (Lipinski definition) is 2. The maximum absolute atomic E-state index is 11.9. The predicted octanol–water partition coefficient (Wildman–Crippen LogP) is 2.61. The van der Waals surface area contributed by atoms with Gasteiger partial charge in [-0.15, -0.1) is 0 Å². The van der Waals surface area contributed by atoms with E-state index in [-0.39, 0.29) is 5.57 Å².